The predicted octanol–water partition coefficient (Wildman–Crippen LogP) is 0.528. The van der Waals surface area contributed by atoms with Crippen molar-refractivity contribution >= 4 is 5.78 Å². The van der Waals surface area contributed by atoms with Gasteiger partial charge >= 0.3 is 0 Å². The molecular weight excluding hydrogens is 166 g/mol. The van der Waals surface area contributed by atoms with Gasteiger partial charge in [-0.1, -0.05) is 13.8 Å². The summed E-state index contributed by atoms with van der Waals surface area (Å²) in [6, 6.07) is -0.122. The third-order valence-electron chi connectivity index (χ3n) is 3.68. The molecule has 74 valence electrons. The van der Waals surface area contributed by atoms with Crippen molar-refractivity contribution in [2.24, 2.45) is 17.3 Å². The van der Waals surface area contributed by atoms with Crippen molar-refractivity contribution in [1.82, 2.24) is 5.32 Å². The van der Waals surface area contributed by atoms with Crippen molar-refractivity contribution in [3.8, 4) is 0 Å². The first-order valence-electron chi connectivity index (χ1n) is 4.88. The summed E-state index contributed by atoms with van der Waals surface area (Å²) in [7, 11) is 0. The number of aliphatic hydroxyl groups is 1. The first kappa shape index (κ1) is 9.16. The molecule has 0 spiro atoms. The van der Waals surface area contributed by atoms with Crippen LogP contribution in [0.5, 0.6) is 0 Å². The molecule has 4 atom stereocenters. The summed E-state index contributed by atoms with van der Waals surface area (Å²) in [5.41, 5.74) is 0.214. The van der Waals surface area contributed by atoms with Gasteiger partial charge in [-0.15, -0.1) is 0 Å². The lowest BCUT2D eigenvalue weighted by Gasteiger charge is -2.49. The first-order valence-corrected chi connectivity index (χ1v) is 4.88. The minimum Gasteiger partial charge on any atom is -0.378 e. The van der Waals surface area contributed by atoms with Gasteiger partial charge in [-0.2, -0.15) is 0 Å². The maximum absolute atomic E-state index is 11.3. The van der Waals surface area contributed by atoms with Crippen LogP contribution in [-0.2, 0) is 4.79 Å². The van der Waals surface area contributed by atoms with Crippen molar-refractivity contribution in [3.05, 3.63) is 0 Å². The summed E-state index contributed by atoms with van der Waals surface area (Å²) in [6.07, 6.45) is 0.558. The van der Waals surface area contributed by atoms with E-state index in [1.807, 2.05) is 0 Å². The Kier molecular flexibility index (Phi) is 1.79. The second-order valence-corrected chi connectivity index (χ2v) is 5.08. The standard InChI is InChI=1S/C10H17NO2/c1-5(12)8-7-6(9(13)11-8)4-10(7,2)3/h6-9,11,13H,4H2,1-3H3/t6-,7+,8-,9?/m1/s1. The van der Waals surface area contributed by atoms with Crippen molar-refractivity contribution in [3.63, 3.8) is 0 Å². The van der Waals surface area contributed by atoms with E-state index in [0.717, 1.165) is 6.42 Å². The number of ketones is 1. The molecule has 2 aliphatic rings. The number of nitrogens with one attached hydrogen (secondary N) is 1. The van der Waals surface area contributed by atoms with Gasteiger partial charge in [0, 0.05) is 5.92 Å². The van der Waals surface area contributed by atoms with Crippen LogP contribution in [0, 0.1) is 17.3 Å². The Bertz CT molecular complexity index is 249. The molecule has 2 N–H and O–H groups in total. The molecule has 1 aliphatic carbocycles. The van der Waals surface area contributed by atoms with Crippen molar-refractivity contribution in [2.45, 2.75) is 39.5 Å². The number of carbonyl (C=O) groups is 1. The van der Waals surface area contributed by atoms with Crippen LogP contribution in [0.15, 0.2) is 0 Å². The van der Waals surface area contributed by atoms with E-state index in [9.17, 15) is 9.90 Å². The number of rotatable bonds is 1. The summed E-state index contributed by atoms with van der Waals surface area (Å²) >= 11 is 0. The molecular formula is C10H17NO2. The minimum atomic E-state index is -0.466. The number of hydrogen-bond donors (Lipinski definition) is 2. The van der Waals surface area contributed by atoms with Gasteiger partial charge in [0.05, 0.1) is 6.04 Å². The van der Waals surface area contributed by atoms with E-state index in [1.165, 1.54) is 0 Å². The monoisotopic (exact) mass is 183 g/mol. The first-order chi connectivity index (χ1) is 5.93. The third kappa shape index (κ3) is 1.14. The summed E-state index contributed by atoms with van der Waals surface area (Å²) in [5, 5.41) is 12.6. The zero-order chi connectivity index (χ0) is 9.80. The summed E-state index contributed by atoms with van der Waals surface area (Å²) < 4.78 is 0. The van der Waals surface area contributed by atoms with Crippen LogP contribution in [0.1, 0.15) is 27.2 Å². The van der Waals surface area contributed by atoms with Gasteiger partial charge in [-0.05, 0) is 24.7 Å². The Morgan fingerprint density at radius 2 is 2.15 bits per heavy atom. The third-order valence-corrected chi connectivity index (χ3v) is 3.68. The maximum Gasteiger partial charge on any atom is 0.147 e. The molecule has 0 aromatic heterocycles. The smallest absolute Gasteiger partial charge is 0.147 e. The Labute approximate surface area is 78.5 Å². The molecule has 1 saturated carbocycles. The zero-order valence-electron chi connectivity index (χ0n) is 8.37. The fourth-order valence-corrected chi connectivity index (χ4v) is 3.08. The van der Waals surface area contributed by atoms with E-state index in [0.29, 0.717) is 11.8 Å². The highest BCUT2D eigenvalue weighted by Gasteiger charge is 2.59. The molecule has 2 rings (SSSR count). The van der Waals surface area contributed by atoms with E-state index >= 15 is 0 Å². The zero-order valence-corrected chi connectivity index (χ0v) is 8.37. The lowest BCUT2D eigenvalue weighted by atomic mass is 9.54. The summed E-state index contributed by atoms with van der Waals surface area (Å²) in [4.78, 5) is 11.3. The van der Waals surface area contributed by atoms with Gasteiger partial charge in [0.2, 0.25) is 0 Å². The largest absolute Gasteiger partial charge is 0.378 e. The van der Waals surface area contributed by atoms with Gasteiger partial charge in [0.25, 0.3) is 0 Å². The van der Waals surface area contributed by atoms with E-state index < -0.39 is 6.23 Å². The Morgan fingerprint density at radius 3 is 2.54 bits per heavy atom. The highest BCUT2D eigenvalue weighted by atomic mass is 16.3. The van der Waals surface area contributed by atoms with Crippen molar-refractivity contribution in [1.29, 1.82) is 0 Å². The van der Waals surface area contributed by atoms with Gasteiger partial charge in [0.1, 0.15) is 12.0 Å². The van der Waals surface area contributed by atoms with Crippen molar-refractivity contribution in [2.75, 3.05) is 0 Å². The van der Waals surface area contributed by atoms with Gasteiger partial charge < -0.3 is 5.11 Å². The quantitative estimate of drug-likeness (QED) is 0.623. The normalized spacial score (nSPS) is 46.8. The molecule has 1 aliphatic heterocycles. The molecule has 1 heterocycles. The van der Waals surface area contributed by atoms with Crippen molar-refractivity contribution < 1.29 is 9.90 Å². The van der Waals surface area contributed by atoms with Gasteiger partial charge in [0.15, 0.2) is 0 Å². The molecule has 0 aromatic carbocycles. The maximum atomic E-state index is 11.3. The number of hydrogen-bond acceptors (Lipinski definition) is 3. The van der Waals surface area contributed by atoms with Crippen LogP contribution in [0.3, 0.4) is 0 Å². The van der Waals surface area contributed by atoms with Gasteiger partial charge in [-0.25, -0.2) is 0 Å². The second-order valence-electron chi connectivity index (χ2n) is 5.08. The molecule has 3 nitrogen and oxygen atoms in total. The lowest BCUT2D eigenvalue weighted by Crippen LogP contribution is -2.49. The Hall–Kier alpha value is -0.410. The highest BCUT2D eigenvalue weighted by Crippen LogP contribution is 2.56. The topological polar surface area (TPSA) is 49.3 Å². The van der Waals surface area contributed by atoms with Crippen LogP contribution >= 0.6 is 0 Å². The van der Waals surface area contributed by atoms with Gasteiger partial charge in [-0.3, -0.25) is 10.1 Å². The Morgan fingerprint density at radius 1 is 1.54 bits per heavy atom. The molecule has 0 aromatic rings. The average Bonchev–Trinajstić information content (AvgIpc) is 2.25. The summed E-state index contributed by atoms with van der Waals surface area (Å²) in [6.45, 7) is 5.94. The molecule has 1 saturated heterocycles. The highest BCUT2D eigenvalue weighted by molar-refractivity contribution is 5.82. The van der Waals surface area contributed by atoms with E-state index in [1.54, 1.807) is 6.92 Å². The van der Waals surface area contributed by atoms with Crippen LogP contribution < -0.4 is 5.32 Å². The van der Waals surface area contributed by atoms with E-state index in [2.05, 4.69) is 19.2 Å². The molecule has 0 amide bonds. The Balaban J connectivity index is 2.20. The van der Waals surface area contributed by atoms with E-state index in [4.69, 9.17) is 0 Å². The fourth-order valence-electron chi connectivity index (χ4n) is 3.08. The SMILES string of the molecule is CC(=O)[C@H]1NC(O)[C@@H]2CC(C)(C)[C@H]12. The molecule has 2 fully saturated rings. The van der Waals surface area contributed by atoms with Crippen LogP contribution in [-0.4, -0.2) is 23.2 Å². The average molecular weight is 183 g/mol. The van der Waals surface area contributed by atoms with Crippen LogP contribution in [0.25, 0.3) is 0 Å². The predicted molar refractivity (Wildman–Crippen MR) is 49.0 cm³/mol. The lowest BCUT2D eigenvalue weighted by molar-refractivity contribution is -0.123. The number of aliphatic hydroxyl groups excluding tert-OH is 1. The van der Waals surface area contributed by atoms with Crippen LogP contribution in [0.2, 0.25) is 0 Å². The van der Waals surface area contributed by atoms with E-state index in [-0.39, 0.29) is 17.2 Å². The molecule has 0 bridgehead atoms. The number of carbonyl (C=O) groups excluding carboxylic acids is 1. The molecule has 1 unspecified atom stereocenters. The number of Topliss-reactive ketones (excluding diaryl/α,β-unsaturated/α-hetero) is 1. The minimum absolute atomic E-state index is 0.122. The molecule has 13 heavy (non-hydrogen) atoms. The summed E-state index contributed by atoms with van der Waals surface area (Å²) in [5.74, 6) is 0.781. The van der Waals surface area contributed by atoms with Crippen LogP contribution in [0.4, 0.5) is 0 Å². The molecule has 3 heteroatoms. The number of fused-ring (bicyclic) bond motifs is 1. The molecule has 0 radical (unpaired) electrons. The second kappa shape index (κ2) is 2.55. The fraction of sp³-hybridized carbons (Fsp3) is 0.900.